The molecule has 2 aromatic rings. The first-order chi connectivity index (χ1) is 11.1. The maximum absolute atomic E-state index is 12.7. The van der Waals surface area contributed by atoms with Gasteiger partial charge in [0.2, 0.25) is 15.9 Å². The van der Waals surface area contributed by atoms with Gasteiger partial charge in [-0.05, 0) is 24.6 Å². The molecule has 3 rings (SSSR count). The van der Waals surface area contributed by atoms with Crippen LogP contribution >= 0.6 is 0 Å². The summed E-state index contributed by atoms with van der Waals surface area (Å²) in [5.74, 6) is 1.03. The molecule has 0 radical (unpaired) electrons. The maximum atomic E-state index is 12.7. The third-order valence-corrected chi connectivity index (χ3v) is 5.57. The van der Waals surface area contributed by atoms with Crippen molar-refractivity contribution < 1.29 is 17.9 Å². The Hall–Kier alpha value is -2.12. The Kier molecular flexibility index (Phi) is 4.49. The lowest BCUT2D eigenvalue weighted by molar-refractivity contribution is 0.207. The molecule has 1 unspecified atom stereocenters. The van der Waals surface area contributed by atoms with Gasteiger partial charge in [0, 0.05) is 24.9 Å². The van der Waals surface area contributed by atoms with E-state index >= 15 is 0 Å². The van der Waals surface area contributed by atoms with Gasteiger partial charge in [-0.3, -0.25) is 0 Å². The third-order valence-electron chi connectivity index (χ3n) is 3.71. The van der Waals surface area contributed by atoms with Crippen LogP contribution in [-0.4, -0.2) is 44.0 Å². The fourth-order valence-corrected chi connectivity index (χ4v) is 4.03. The molecule has 1 fully saturated rings. The first-order valence-corrected chi connectivity index (χ1v) is 8.75. The highest BCUT2D eigenvalue weighted by Crippen LogP contribution is 2.25. The monoisotopic (exact) mass is 334 g/mol. The first kappa shape index (κ1) is 15.8. The summed E-state index contributed by atoms with van der Waals surface area (Å²) in [4.78, 5) is 4.34. The van der Waals surface area contributed by atoms with Gasteiger partial charge in [0.05, 0.1) is 18.6 Å². The topological polar surface area (TPSA) is 68.7 Å². The van der Waals surface area contributed by atoms with Crippen LogP contribution in [0.15, 0.2) is 53.6 Å². The average Bonchev–Trinajstić information content (AvgIpc) is 3.05. The second-order valence-corrected chi connectivity index (χ2v) is 7.18. The lowest BCUT2D eigenvalue weighted by Crippen LogP contribution is -2.31. The fraction of sp³-hybridized carbons (Fsp3) is 0.312. The largest absolute Gasteiger partial charge is 0.497 e. The molecule has 7 heteroatoms. The first-order valence-electron chi connectivity index (χ1n) is 7.31. The van der Waals surface area contributed by atoms with Crippen molar-refractivity contribution in [2.45, 2.75) is 17.4 Å². The molecule has 6 nitrogen and oxygen atoms in total. The number of aromatic nitrogens is 1. The molecule has 1 aliphatic rings. The summed E-state index contributed by atoms with van der Waals surface area (Å²) < 4.78 is 37.7. The van der Waals surface area contributed by atoms with Crippen molar-refractivity contribution in [1.29, 1.82) is 0 Å². The molecule has 0 aliphatic carbocycles. The molecule has 1 saturated heterocycles. The molecule has 1 aromatic carbocycles. The summed E-state index contributed by atoms with van der Waals surface area (Å²) in [7, 11) is -2.03. The quantitative estimate of drug-likeness (QED) is 0.836. The fourth-order valence-electron chi connectivity index (χ4n) is 2.51. The van der Waals surface area contributed by atoms with Crippen molar-refractivity contribution in [2.75, 3.05) is 20.2 Å². The lowest BCUT2D eigenvalue weighted by Gasteiger charge is -2.17. The Morgan fingerprint density at radius 1 is 1.22 bits per heavy atom. The highest BCUT2D eigenvalue weighted by Gasteiger charge is 2.34. The van der Waals surface area contributed by atoms with Crippen LogP contribution in [0.2, 0.25) is 0 Å². The minimum Gasteiger partial charge on any atom is -0.497 e. The third kappa shape index (κ3) is 3.46. The van der Waals surface area contributed by atoms with Gasteiger partial charge in [-0.25, -0.2) is 13.4 Å². The van der Waals surface area contributed by atoms with E-state index in [1.54, 1.807) is 36.5 Å². The van der Waals surface area contributed by atoms with Gasteiger partial charge in [0.1, 0.15) is 11.9 Å². The van der Waals surface area contributed by atoms with E-state index in [0.717, 1.165) is 0 Å². The normalized spacial score (nSPS) is 18.7. The highest BCUT2D eigenvalue weighted by molar-refractivity contribution is 7.89. The van der Waals surface area contributed by atoms with Gasteiger partial charge in [0.15, 0.2) is 0 Å². The molecule has 122 valence electrons. The van der Waals surface area contributed by atoms with Crippen molar-refractivity contribution in [3.63, 3.8) is 0 Å². The molecule has 0 saturated carbocycles. The van der Waals surface area contributed by atoms with Gasteiger partial charge >= 0.3 is 0 Å². The average molecular weight is 334 g/mol. The van der Waals surface area contributed by atoms with Crippen LogP contribution in [0.4, 0.5) is 0 Å². The Bertz CT molecular complexity index is 765. The molecular formula is C16H18N2O4S. The zero-order valence-electron chi connectivity index (χ0n) is 12.8. The number of ether oxygens (including phenoxy) is 2. The number of methoxy groups -OCH3 is 1. The van der Waals surface area contributed by atoms with Gasteiger partial charge in [0.25, 0.3) is 0 Å². The second-order valence-electron chi connectivity index (χ2n) is 5.24. The smallest absolute Gasteiger partial charge is 0.243 e. The molecule has 1 aliphatic heterocycles. The summed E-state index contributed by atoms with van der Waals surface area (Å²) >= 11 is 0. The molecule has 2 heterocycles. The summed E-state index contributed by atoms with van der Waals surface area (Å²) in [6, 6.07) is 11.9. The van der Waals surface area contributed by atoms with Crippen molar-refractivity contribution >= 4 is 10.0 Å². The summed E-state index contributed by atoms with van der Waals surface area (Å²) in [5.41, 5.74) is 0. The number of benzene rings is 1. The van der Waals surface area contributed by atoms with Crippen LogP contribution in [0, 0.1) is 0 Å². The molecular weight excluding hydrogens is 316 g/mol. The second kappa shape index (κ2) is 6.55. The SMILES string of the molecule is COc1cccc(S(=O)(=O)N2CCC(Oc3ccccn3)C2)c1. The molecule has 1 aromatic heterocycles. The Morgan fingerprint density at radius 3 is 2.83 bits per heavy atom. The summed E-state index contributed by atoms with van der Waals surface area (Å²) in [5, 5.41) is 0. The Labute approximate surface area is 135 Å². The molecule has 0 spiro atoms. The number of nitrogens with zero attached hydrogens (tertiary/aromatic N) is 2. The van der Waals surface area contributed by atoms with Crippen molar-refractivity contribution in [3.05, 3.63) is 48.7 Å². The number of hydrogen-bond acceptors (Lipinski definition) is 5. The van der Waals surface area contributed by atoms with E-state index in [4.69, 9.17) is 9.47 Å². The van der Waals surface area contributed by atoms with Crippen LogP contribution < -0.4 is 9.47 Å². The molecule has 0 bridgehead atoms. The van der Waals surface area contributed by atoms with Crippen LogP contribution in [0.1, 0.15) is 6.42 Å². The van der Waals surface area contributed by atoms with E-state index in [1.807, 2.05) is 6.07 Å². The minimum atomic E-state index is -3.54. The molecule has 1 atom stereocenters. The number of rotatable bonds is 5. The van der Waals surface area contributed by atoms with E-state index in [1.165, 1.54) is 17.5 Å². The minimum absolute atomic E-state index is 0.190. The van der Waals surface area contributed by atoms with Gasteiger partial charge in [-0.1, -0.05) is 12.1 Å². The standard InChI is InChI=1S/C16H18N2O4S/c1-21-13-5-4-6-15(11-13)23(19,20)18-10-8-14(12-18)22-16-7-2-3-9-17-16/h2-7,9,11,14H,8,10,12H2,1H3. The van der Waals surface area contributed by atoms with Crippen LogP contribution in [0.25, 0.3) is 0 Å². The summed E-state index contributed by atoms with van der Waals surface area (Å²) in [6.07, 6.45) is 2.10. The molecule has 0 N–H and O–H groups in total. The van der Waals surface area contributed by atoms with Crippen LogP contribution in [0.5, 0.6) is 11.6 Å². The lowest BCUT2D eigenvalue weighted by atomic mass is 10.3. The summed E-state index contributed by atoms with van der Waals surface area (Å²) in [6.45, 7) is 0.743. The van der Waals surface area contributed by atoms with Gasteiger partial charge < -0.3 is 9.47 Å². The predicted octanol–water partition coefficient (Wildman–Crippen LogP) is 1.93. The Morgan fingerprint density at radius 2 is 2.09 bits per heavy atom. The zero-order valence-corrected chi connectivity index (χ0v) is 13.6. The number of hydrogen-bond donors (Lipinski definition) is 0. The molecule has 0 amide bonds. The Balaban J connectivity index is 1.72. The number of pyridine rings is 1. The van der Waals surface area contributed by atoms with Crippen LogP contribution in [-0.2, 0) is 10.0 Å². The van der Waals surface area contributed by atoms with Crippen molar-refractivity contribution in [3.8, 4) is 11.6 Å². The maximum Gasteiger partial charge on any atom is 0.243 e. The number of sulfonamides is 1. The highest BCUT2D eigenvalue weighted by atomic mass is 32.2. The van der Waals surface area contributed by atoms with E-state index in [9.17, 15) is 8.42 Å². The van der Waals surface area contributed by atoms with E-state index in [-0.39, 0.29) is 11.0 Å². The van der Waals surface area contributed by atoms with E-state index in [2.05, 4.69) is 4.98 Å². The van der Waals surface area contributed by atoms with Crippen LogP contribution in [0.3, 0.4) is 0 Å². The zero-order chi connectivity index (χ0) is 16.3. The van der Waals surface area contributed by atoms with E-state index < -0.39 is 10.0 Å². The van der Waals surface area contributed by atoms with Crippen molar-refractivity contribution in [2.24, 2.45) is 0 Å². The molecule has 23 heavy (non-hydrogen) atoms. The van der Waals surface area contributed by atoms with Gasteiger partial charge in [-0.15, -0.1) is 0 Å². The van der Waals surface area contributed by atoms with E-state index in [0.29, 0.717) is 31.1 Å². The predicted molar refractivity (Wildman–Crippen MR) is 85.0 cm³/mol. The van der Waals surface area contributed by atoms with Gasteiger partial charge in [-0.2, -0.15) is 4.31 Å². The van der Waals surface area contributed by atoms with Crippen molar-refractivity contribution in [1.82, 2.24) is 9.29 Å².